The Hall–Kier alpha value is -0.410. The van der Waals surface area contributed by atoms with Gasteiger partial charge >= 0.3 is 0 Å². The zero-order valence-electron chi connectivity index (χ0n) is 8.48. The van der Waals surface area contributed by atoms with Crippen LogP contribution in [0.25, 0.3) is 0 Å². The molecule has 3 heteroatoms. The molecular weight excluding hydrogens is 197 g/mol. The predicted molar refractivity (Wildman–Crippen MR) is 58.7 cm³/mol. The van der Waals surface area contributed by atoms with Crippen LogP contribution < -0.4 is 5.32 Å². The van der Waals surface area contributed by atoms with Crippen LogP contribution >= 0.6 is 11.3 Å². The predicted octanol–water partition coefficient (Wildman–Crippen LogP) is 2.69. The van der Waals surface area contributed by atoms with Crippen LogP contribution in [0.3, 0.4) is 0 Å². The molecule has 1 atom stereocenters. The van der Waals surface area contributed by atoms with Crippen molar-refractivity contribution in [3.8, 4) is 0 Å². The van der Waals surface area contributed by atoms with Crippen molar-refractivity contribution < 1.29 is 4.39 Å². The molecule has 1 N–H and O–H groups in total. The Labute approximate surface area is 88.3 Å². The number of rotatable bonds is 2. The lowest BCUT2D eigenvalue weighted by atomic mass is 9.90. The Balaban J connectivity index is 2.01. The number of hydrogen-bond donors (Lipinski definition) is 1. The highest BCUT2D eigenvalue weighted by Crippen LogP contribution is 2.27. The first-order valence-electron chi connectivity index (χ1n) is 5.12. The minimum absolute atomic E-state index is 0.516. The zero-order chi connectivity index (χ0) is 10.0. The summed E-state index contributed by atoms with van der Waals surface area (Å²) in [6, 6.07) is 2.10. The van der Waals surface area contributed by atoms with Crippen LogP contribution in [0.1, 0.15) is 23.3 Å². The van der Waals surface area contributed by atoms with E-state index < -0.39 is 5.67 Å². The molecule has 78 valence electrons. The molecule has 2 rings (SSSR count). The molecule has 1 fully saturated rings. The molecule has 1 aromatic heterocycles. The number of nitrogens with one attached hydrogen (secondary N) is 1. The number of piperidine rings is 1. The van der Waals surface area contributed by atoms with Crippen molar-refractivity contribution in [1.29, 1.82) is 0 Å². The van der Waals surface area contributed by atoms with E-state index in [0.29, 0.717) is 19.4 Å². The van der Waals surface area contributed by atoms with Gasteiger partial charge in [0.15, 0.2) is 0 Å². The first-order chi connectivity index (χ1) is 6.68. The van der Waals surface area contributed by atoms with Gasteiger partial charge in [-0.15, -0.1) is 11.3 Å². The average Bonchev–Trinajstić information content (AvgIpc) is 2.51. The molecule has 2 heterocycles. The van der Waals surface area contributed by atoms with E-state index in [-0.39, 0.29) is 0 Å². The summed E-state index contributed by atoms with van der Waals surface area (Å²) in [4.78, 5) is 1.27. The summed E-state index contributed by atoms with van der Waals surface area (Å²) in [6.45, 7) is 3.55. The van der Waals surface area contributed by atoms with Gasteiger partial charge in [0.05, 0.1) is 0 Å². The molecule has 0 amide bonds. The lowest BCUT2D eigenvalue weighted by Crippen LogP contribution is -2.43. The first kappa shape index (κ1) is 10.1. The summed E-state index contributed by atoms with van der Waals surface area (Å²) in [5.74, 6) is 0. The minimum atomic E-state index is -1.01. The Kier molecular flexibility index (Phi) is 2.88. The van der Waals surface area contributed by atoms with Crippen molar-refractivity contribution in [3.63, 3.8) is 0 Å². The maximum absolute atomic E-state index is 14.2. The van der Waals surface area contributed by atoms with E-state index in [1.165, 1.54) is 4.88 Å². The van der Waals surface area contributed by atoms with Crippen LogP contribution in [0.4, 0.5) is 4.39 Å². The lowest BCUT2D eigenvalue weighted by molar-refractivity contribution is 0.122. The van der Waals surface area contributed by atoms with E-state index in [1.807, 2.05) is 0 Å². The quantitative estimate of drug-likeness (QED) is 0.796. The maximum Gasteiger partial charge on any atom is 0.127 e. The van der Waals surface area contributed by atoms with Crippen molar-refractivity contribution in [1.82, 2.24) is 5.32 Å². The van der Waals surface area contributed by atoms with Crippen LogP contribution in [0.15, 0.2) is 11.4 Å². The van der Waals surface area contributed by atoms with E-state index in [9.17, 15) is 4.39 Å². The number of alkyl halides is 1. The molecule has 14 heavy (non-hydrogen) atoms. The molecule has 1 aromatic rings. The van der Waals surface area contributed by atoms with E-state index in [2.05, 4.69) is 23.7 Å². The molecule has 1 saturated heterocycles. The first-order valence-corrected chi connectivity index (χ1v) is 6.00. The van der Waals surface area contributed by atoms with Crippen LogP contribution in [0.5, 0.6) is 0 Å². The molecule has 1 unspecified atom stereocenters. The Bertz CT molecular complexity index is 302. The highest BCUT2D eigenvalue weighted by molar-refractivity contribution is 7.10. The van der Waals surface area contributed by atoms with Gasteiger partial charge in [0.1, 0.15) is 5.67 Å². The third-order valence-corrected chi connectivity index (χ3v) is 3.64. The second-order valence-corrected chi connectivity index (χ2v) is 5.29. The number of aryl methyl sites for hydroxylation is 1. The van der Waals surface area contributed by atoms with Crippen LogP contribution in [-0.4, -0.2) is 18.8 Å². The van der Waals surface area contributed by atoms with Gasteiger partial charge in [-0.1, -0.05) is 0 Å². The van der Waals surface area contributed by atoms with E-state index in [0.717, 1.165) is 18.5 Å². The highest BCUT2D eigenvalue weighted by Gasteiger charge is 2.31. The van der Waals surface area contributed by atoms with E-state index in [4.69, 9.17) is 0 Å². The zero-order valence-corrected chi connectivity index (χ0v) is 9.29. The average molecular weight is 213 g/mol. The standard InChI is InChI=1S/C11H16FNS/c1-9-5-10(7-14-9)6-11(12)3-2-4-13-8-11/h5,7,13H,2-4,6,8H2,1H3. The minimum Gasteiger partial charge on any atom is -0.314 e. The summed E-state index contributed by atoms with van der Waals surface area (Å²) < 4.78 is 14.2. The second-order valence-electron chi connectivity index (χ2n) is 4.17. The number of halogens is 1. The van der Waals surface area contributed by atoms with Gasteiger partial charge < -0.3 is 5.32 Å². The SMILES string of the molecule is Cc1cc(CC2(F)CCCNC2)cs1. The van der Waals surface area contributed by atoms with Gasteiger partial charge in [0.25, 0.3) is 0 Å². The highest BCUT2D eigenvalue weighted by atomic mass is 32.1. The Morgan fingerprint density at radius 3 is 3.07 bits per heavy atom. The van der Waals surface area contributed by atoms with Gasteiger partial charge in [-0.3, -0.25) is 0 Å². The second kappa shape index (κ2) is 3.99. The third-order valence-electron chi connectivity index (χ3n) is 2.73. The van der Waals surface area contributed by atoms with Gasteiger partial charge in [0, 0.05) is 17.8 Å². The third kappa shape index (κ3) is 2.34. The lowest BCUT2D eigenvalue weighted by Gasteiger charge is -2.29. The molecule has 0 saturated carbocycles. The monoisotopic (exact) mass is 213 g/mol. The Morgan fingerprint density at radius 2 is 2.50 bits per heavy atom. The fourth-order valence-corrected chi connectivity index (χ4v) is 2.75. The molecule has 0 radical (unpaired) electrons. The maximum atomic E-state index is 14.2. The van der Waals surface area contributed by atoms with E-state index >= 15 is 0 Å². The summed E-state index contributed by atoms with van der Waals surface area (Å²) in [5, 5.41) is 5.21. The fraction of sp³-hybridized carbons (Fsp3) is 0.636. The van der Waals surface area contributed by atoms with Crippen LogP contribution in [0.2, 0.25) is 0 Å². The van der Waals surface area contributed by atoms with Gasteiger partial charge in [-0.2, -0.15) is 0 Å². The van der Waals surface area contributed by atoms with E-state index in [1.54, 1.807) is 11.3 Å². The normalized spacial score (nSPS) is 27.9. The van der Waals surface area contributed by atoms with Gasteiger partial charge in [0.2, 0.25) is 0 Å². The van der Waals surface area contributed by atoms with Crippen molar-refractivity contribution in [2.24, 2.45) is 0 Å². The number of hydrogen-bond acceptors (Lipinski definition) is 2. The largest absolute Gasteiger partial charge is 0.314 e. The topological polar surface area (TPSA) is 12.0 Å². The van der Waals surface area contributed by atoms with Crippen molar-refractivity contribution in [2.45, 2.75) is 31.9 Å². The molecule has 1 nitrogen and oxygen atoms in total. The molecule has 1 aliphatic heterocycles. The van der Waals surface area contributed by atoms with Gasteiger partial charge in [-0.05, 0) is 43.3 Å². The molecule has 0 spiro atoms. The van der Waals surface area contributed by atoms with Crippen molar-refractivity contribution >= 4 is 11.3 Å². The summed E-state index contributed by atoms with van der Waals surface area (Å²) in [7, 11) is 0. The molecule has 0 aromatic carbocycles. The van der Waals surface area contributed by atoms with Crippen molar-refractivity contribution in [2.75, 3.05) is 13.1 Å². The fourth-order valence-electron chi connectivity index (χ4n) is 2.04. The molecule has 0 bridgehead atoms. The Morgan fingerprint density at radius 1 is 1.64 bits per heavy atom. The summed E-state index contributed by atoms with van der Waals surface area (Å²) in [5.41, 5.74) is 0.143. The molecule has 0 aliphatic carbocycles. The molecule has 1 aliphatic rings. The van der Waals surface area contributed by atoms with Gasteiger partial charge in [-0.25, -0.2) is 4.39 Å². The smallest absolute Gasteiger partial charge is 0.127 e. The number of thiophene rings is 1. The van der Waals surface area contributed by atoms with Crippen LogP contribution in [0, 0.1) is 6.92 Å². The van der Waals surface area contributed by atoms with Crippen molar-refractivity contribution in [3.05, 3.63) is 21.9 Å². The summed E-state index contributed by atoms with van der Waals surface area (Å²) >= 11 is 1.70. The molecular formula is C11H16FNS. The summed E-state index contributed by atoms with van der Waals surface area (Å²) in [6.07, 6.45) is 2.23. The van der Waals surface area contributed by atoms with Crippen LogP contribution in [-0.2, 0) is 6.42 Å².